The number of fused-ring (bicyclic) bond motifs is 1. The molecular weight excluding hydrogens is 428 g/mol. The second-order valence-corrected chi connectivity index (χ2v) is 8.81. The first-order valence-electron chi connectivity index (χ1n) is 11.6. The first kappa shape index (κ1) is 21.9. The van der Waals surface area contributed by atoms with Gasteiger partial charge in [0.05, 0.1) is 24.1 Å². The molecule has 1 amide bonds. The molecule has 0 saturated heterocycles. The van der Waals surface area contributed by atoms with E-state index in [0.29, 0.717) is 35.6 Å². The third-order valence-corrected chi connectivity index (χ3v) is 6.68. The first-order chi connectivity index (χ1) is 16.6. The molecule has 8 heteroatoms. The van der Waals surface area contributed by atoms with E-state index in [9.17, 15) is 4.79 Å². The Labute approximate surface area is 198 Å². The molecule has 3 N–H and O–H groups in total. The van der Waals surface area contributed by atoms with E-state index in [4.69, 9.17) is 15.6 Å². The van der Waals surface area contributed by atoms with Gasteiger partial charge < -0.3 is 15.8 Å². The maximum absolute atomic E-state index is 12.6. The molecule has 1 fully saturated rings. The van der Waals surface area contributed by atoms with Crippen LogP contribution in [0.2, 0.25) is 0 Å². The molecule has 8 nitrogen and oxygen atoms in total. The highest BCUT2D eigenvalue weighted by Crippen LogP contribution is 2.39. The standard InChI is InChI=1S/C26H28N6O2/c1-16-6-5-8-20(16)32-25-22(24(27)29-15-30-25)23(31-32)18-12-10-17(11-13-18)14-28-26(33)19-7-3-4-9-21(19)34-2/h3-4,7,9-13,15-16,20H,5-6,8,14H2,1-2H3,(H,28,33)(H2,27,29,30)/t16?,20-/m1/s1. The van der Waals surface area contributed by atoms with Crippen molar-refractivity contribution in [1.29, 1.82) is 0 Å². The molecule has 1 unspecified atom stereocenters. The Balaban J connectivity index is 1.39. The maximum atomic E-state index is 12.6. The van der Waals surface area contributed by atoms with Crippen LogP contribution in [0.25, 0.3) is 22.3 Å². The van der Waals surface area contributed by atoms with Crippen molar-refractivity contribution in [3.05, 3.63) is 66.0 Å². The van der Waals surface area contributed by atoms with Gasteiger partial charge in [-0.15, -0.1) is 0 Å². The fourth-order valence-electron chi connectivity index (χ4n) is 4.81. The van der Waals surface area contributed by atoms with Crippen LogP contribution in [-0.2, 0) is 6.54 Å². The van der Waals surface area contributed by atoms with Crippen molar-refractivity contribution in [2.75, 3.05) is 12.8 Å². The summed E-state index contributed by atoms with van der Waals surface area (Å²) in [5, 5.41) is 8.71. The minimum Gasteiger partial charge on any atom is -0.496 e. The van der Waals surface area contributed by atoms with Crippen LogP contribution in [0.5, 0.6) is 5.75 Å². The lowest BCUT2D eigenvalue weighted by Crippen LogP contribution is -2.23. The second kappa shape index (κ2) is 9.13. The zero-order chi connectivity index (χ0) is 23.7. The number of nitrogen functional groups attached to an aromatic ring is 1. The van der Waals surface area contributed by atoms with Gasteiger partial charge in [-0.25, -0.2) is 14.6 Å². The number of ether oxygens (including phenoxy) is 1. The number of nitrogens with zero attached hydrogens (tertiary/aromatic N) is 4. The summed E-state index contributed by atoms with van der Waals surface area (Å²) in [6.07, 6.45) is 4.98. The minimum absolute atomic E-state index is 0.179. The number of aromatic nitrogens is 4. The molecule has 0 aliphatic heterocycles. The zero-order valence-corrected chi connectivity index (χ0v) is 19.4. The van der Waals surface area contributed by atoms with Crippen molar-refractivity contribution in [1.82, 2.24) is 25.1 Å². The summed E-state index contributed by atoms with van der Waals surface area (Å²) in [5.74, 6) is 1.35. The van der Waals surface area contributed by atoms with Crippen LogP contribution in [0, 0.1) is 5.92 Å². The van der Waals surface area contributed by atoms with Gasteiger partial charge >= 0.3 is 0 Å². The lowest BCUT2D eigenvalue weighted by Gasteiger charge is -2.16. The quantitative estimate of drug-likeness (QED) is 0.446. The SMILES string of the molecule is COc1ccccc1C(=O)NCc1ccc(-c2nn([C@@H]3CCCC3C)c3ncnc(N)c23)cc1. The normalized spacial score (nSPS) is 17.7. The van der Waals surface area contributed by atoms with Gasteiger partial charge in [-0.1, -0.05) is 49.7 Å². The van der Waals surface area contributed by atoms with Crippen molar-refractivity contribution < 1.29 is 9.53 Å². The molecule has 2 aromatic heterocycles. The average molecular weight is 457 g/mol. The van der Waals surface area contributed by atoms with E-state index in [2.05, 4.69) is 22.2 Å². The van der Waals surface area contributed by atoms with E-state index in [1.165, 1.54) is 19.2 Å². The summed E-state index contributed by atoms with van der Waals surface area (Å²) in [4.78, 5) is 21.3. The van der Waals surface area contributed by atoms with Gasteiger partial charge in [0.15, 0.2) is 5.65 Å². The summed E-state index contributed by atoms with van der Waals surface area (Å²) >= 11 is 0. The number of carbonyl (C=O) groups excluding carboxylic acids is 1. The molecule has 0 radical (unpaired) electrons. The lowest BCUT2D eigenvalue weighted by atomic mass is 10.1. The Morgan fingerprint density at radius 1 is 1.15 bits per heavy atom. The van der Waals surface area contributed by atoms with Gasteiger partial charge in [0.1, 0.15) is 23.6 Å². The largest absolute Gasteiger partial charge is 0.496 e. The van der Waals surface area contributed by atoms with E-state index in [-0.39, 0.29) is 5.91 Å². The molecule has 0 spiro atoms. The minimum atomic E-state index is -0.179. The second-order valence-electron chi connectivity index (χ2n) is 8.81. The predicted molar refractivity (Wildman–Crippen MR) is 131 cm³/mol. The van der Waals surface area contributed by atoms with Crippen LogP contribution in [0.3, 0.4) is 0 Å². The molecule has 34 heavy (non-hydrogen) atoms. The first-order valence-corrected chi connectivity index (χ1v) is 11.6. The number of hydrogen-bond acceptors (Lipinski definition) is 6. The number of methoxy groups -OCH3 is 1. The molecule has 2 atom stereocenters. The van der Waals surface area contributed by atoms with Gasteiger partial charge in [-0.3, -0.25) is 4.79 Å². The predicted octanol–water partition coefficient (Wildman–Crippen LogP) is 4.38. The third-order valence-electron chi connectivity index (χ3n) is 6.68. The molecule has 1 aliphatic carbocycles. The van der Waals surface area contributed by atoms with Gasteiger partial charge in [0, 0.05) is 12.1 Å². The fourth-order valence-corrected chi connectivity index (χ4v) is 4.81. The number of nitrogens with one attached hydrogen (secondary N) is 1. The summed E-state index contributed by atoms with van der Waals surface area (Å²) in [6.45, 7) is 2.67. The van der Waals surface area contributed by atoms with Crippen molar-refractivity contribution in [2.24, 2.45) is 5.92 Å². The van der Waals surface area contributed by atoms with Crippen LogP contribution >= 0.6 is 0 Å². The number of anilines is 1. The van der Waals surface area contributed by atoms with E-state index in [0.717, 1.165) is 34.3 Å². The van der Waals surface area contributed by atoms with Crippen molar-refractivity contribution in [3.8, 4) is 17.0 Å². The molecule has 4 aromatic rings. The van der Waals surface area contributed by atoms with E-state index in [1.807, 2.05) is 41.1 Å². The molecule has 0 bridgehead atoms. The Morgan fingerprint density at radius 2 is 1.94 bits per heavy atom. The van der Waals surface area contributed by atoms with Crippen LogP contribution < -0.4 is 15.8 Å². The van der Waals surface area contributed by atoms with Crippen LogP contribution in [0.1, 0.15) is 48.1 Å². The summed E-state index contributed by atoms with van der Waals surface area (Å²) < 4.78 is 7.33. The van der Waals surface area contributed by atoms with E-state index in [1.54, 1.807) is 19.2 Å². The third kappa shape index (κ3) is 3.96. The number of hydrogen-bond donors (Lipinski definition) is 2. The highest BCUT2D eigenvalue weighted by Gasteiger charge is 2.29. The van der Waals surface area contributed by atoms with Crippen molar-refractivity contribution >= 4 is 22.8 Å². The number of benzene rings is 2. The number of nitrogens with two attached hydrogens (primary N) is 1. The van der Waals surface area contributed by atoms with Gasteiger partial charge in [-0.2, -0.15) is 5.10 Å². The Kier molecular flexibility index (Phi) is 5.88. The van der Waals surface area contributed by atoms with E-state index >= 15 is 0 Å². The summed E-state index contributed by atoms with van der Waals surface area (Å²) in [7, 11) is 1.56. The molecule has 1 saturated carbocycles. The van der Waals surface area contributed by atoms with Crippen LogP contribution in [0.15, 0.2) is 54.9 Å². The molecule has 2 heterocycles. The zero-order valence-electron chi connectivity index (χ0n) is 19.4. The maximum Gasteiger partial charge on any atom is 0.255 e. The van der Waals surface area contributed by atoms with Gasteiger partial charge in [0.25, 0.3) is 5.91 Å². The lowest BCUT2D eigenvalue weighted by molar-refractivity contribution is 0.0948. The van der Waals surface area contributed by atoms with Crippen LogP contribution in [0.4, 0.5) is 5.82 Å². The number of para-hydroxylation sites is 1. The molecular formula is C26H28N6O2. The number of amides is 1. The number of rotatable bonds is 6. The monoisotopic (exact) mass is 456 g/mol. The Morgan fingerprint density at radius 3 is 2.68 bits per heavy atom. The van der Waals surface area contributed by atoms with Crippen molar-refractivity contribution in [2.45, 2.75) is 38.8 Å². The average Bonchev–Trinajstić information content (AvgIpc) is 3.46. The molecule has 2 aromatic carbocycles. The molecule has 174 valence electrons. The topological polar surface area (TPSA) is 108 Å². The highest BCUT2D eigenvalue weighted by atomic mass is 16.5. The highest BCUT2D eigenvalue weighted by molar-refractivity contribution is 5.98. The van der Waals surface area contributed by atoms with E-state index < -0.39 is 0 Å². The fraction of sp³-hybridized carbons (Fsp3) is 0.308. The van der Waals surface area contributed by atoms with Gasteiger partial charge in [0.2, 0.25) is 0 Å². The summed E-state index contributed by atoms with van der Waals surface area (Å²) in [6, 6.07) is 15.5. The summed E-state index contributed by atoms with van der Waals surface area (Å²) in [5.41, 5.74) is 10.3. The Bertz CT molecular complexity index is 1330. The van der Waals surface area contributed by atoms with Crippen molar-refractivity contribution in [3.63, 3.8) is 0 Å². The van der Waals surface area contributed by atoms with Crippen LogP contribution in [-0.4, -0.2) is 32.8 Å². The Hall–Kier alpha value is -3.94. The molecule has 1 aliphatic rings. The smallest absolute Gasteiger partial charge is 0.255 e. The van der Waals surface area contributed by atoms with Gasteiger partial charge in [-0.05, 0) is 36.5 Å². The number of carbonyl (C=O) groups is 1. The molecule has 5 rings (SSSR count).